The lowest BCUT2D eigenvalue weighted by atomic mass is 10.2. The molecule has 0 spiro atoms. The molecule has 3 rings (SSSR count). The van der Waals surface area contributed by atoms with Gasteiger partial charge in [0.1, 0.15) is 12.1 Å². The van der Waals surface area contributed by atoms with Crippen LogP contribution in [0.15, 0.2) is 12.4 Å². The monoisotopic (exact) mass is 306 g/mol. The van der Waals surface area contributed by atoms with Gasteiger partial charge in [0.2, 0.25) is 11.8 Å². The van der Waals surface area contributed by atoms with Crippen LogP contribution in [-0.2, 0) is 9.59 Å². The Bertz CT molecular complexity index is 580. The quantitative estimate of drug-likeness (QED) is 0.824. The van der Waals surface area contributed by atoms with Gasteiger partial charge in [-0.1, -0.05) is 0 Å². The molecule has 2 atom stereocenters. The van der Waals surface area contributed by atoms with E-state index in [0.29, 0.717) is 44.1 Å². The molecule has 0 aliphatic carbocycles. The zero-order chi connectivity index (χ0) is 15.5. The maximum Gasteiger partial charge on any atom is 0.278 e. The van der Waals surface area contributed by atoms with Crippen molar-refractivity contribution in [3.05, 3.63) is 12.4 Å². The molecule has 0 unspecified atom stereocenters. The topological polar surface area (TPSA) is 93.7 Å². The molecule has 2 aliphatic heterocycles. The number of likely N-dealkylation sites (tertiary alicyclic amines) is 1. The number of hydrogen-bond donors (Lipinski definition) is 1. The van der Waals surface area contributed by atoms with Crippen molar-refractivity contribution in [3.63, 3.8) is 0 Å². The molecule has 2 fully saturated rings. The first-order chi connectivity index (χ1) is 10.7. The number of rotatable bonds is 4. The summed E-state index contributed by atoms with van der Waals surface area (Å²) in [5, 5.41) is 2.70. The summed E-state index contributed by atoms with van der Waals surface area (Å²) in [6.45, 7) is 1.09. The second kappa shape index (κ2) is 6.17. The molecule has 0 bridgehead atoms. The molecule has 0 radical (unpaired) electrons. The Labute approximate surface area is 127 Å². The summed E-state index contributed by atoms with van der Waals surface area (Å²) in [6, 6.07) is -0.391. The highest BCUT2D eigenvalue weighted by Gasteiger charge is 2.35. The largest absolute Gasteiger partial charge is 0.477 e. The SMILES string of the molecule is COc1nccnc1O[C@@H]1CCN(C(=O)[C@@H]2CCC(=O)N2)C1. The predicted octanol–water partition coefficient (Wildman–Crippen LogP) is -0.256. The standard InChI is InChI=1S/C14H18N4O4/c1-21-12-13(16-6-5-15-12)22-9-4-7-18(8-9)14(20)10-2-3-11(19)17-10/h5-6,9-10H,2-4,7-8H2,1H3,(H,17,19)/t9-,10+/m1/s1. The molecule has 2 amide bonds. The third-order valence-corrected chi connectivity index (χ3v) is 3.85. The van der Waals surface area contributed by atoms with Gasteiger partial charge in [0, 0.05) is 31.8 Å². The first kappa shape index (κ1) is 14.6. The summed E-state index contributed by atoms with van der Waals surface area (Å²) < 4.78 is 10.9. The van der Waals surface area contributed by atoms with Crippen molar-refractivity contribution in [2.45, 2.75) is 31.4 Å². The highest BCUT2D eigenvalue weighted by Crippen LogP contribution is 2.24. The minimum absolute atomic E-state index is 0.0388. The van der Waals surface area contributed by atoms with Gasteiger partial charge in [-0.25, -0.2) is 9.97 Å². The summed E-state index contributed by atoms with van der Waals surface area (Å²) in [5.41, 5.74) is 0. The fraction of sp³-hybridized carbons (Fsp3) is 0.571. The molecule has 0 aromatic carbocycles. The van der Waals surface area contributed by atoms with Gasteiger partial charge in [-0.2, -0.15) is 0 Å². The van der Waals surface area contributed by atoms with Gasteiger partial charge in [0.25, 0.3) is 11.8 Å². The molecule has 118 valence electrons. The highest BCUT2D eigenvalue weighted by molar-refractivity contribution is 5.90. The number of ether oxygens (including phenoxy) is 2. The zero-order valence-electron chi connectivity index (χ0n) is 12.3. The molecule has 1 aromatic heterocycles. The molecule has 1 N–H and O–H groups in total. The zero-order valence-corrected chi connectivity index (χ0v) is 12.3. The van der Waals surface area contributed by atoms with Crippen LogP contribution >= 0.6 is 0 Å². The molecule has 22 heavy (non-hydrogen) atoms. The number of methoxy groups -OCH3 is 1. The van der Waals surface area contributed by atoms with Crippen LogP contribution in [-0.4, -0.2) is 59.0 Å². The van der Waals surface area contributed by atoms with Gasteiger partial charge in [0.15, 0.2) is 0 Å². The maximum atomic E-state index is 12.3. The van der Waals surface area contributed by atoms with Crippen molar-refractivity contribution in [2.75, 3.05) is 20.2 Å². The van der Waals surface area contributed by atoms with Crippen LogP contribution in [0.4, 0.5) is 0 Å². The number of hydrogen-bond acceptors (Lipinski definition) is 6. The molecule has 8 heteroatoms. The van der Waals surface area contributed by atoms with E-state index in [1.165, 1.54) is 19.5 Å². The number of nitrogens with one attached hydrogen (secondary N) is 1. The molecule has 1 aromatic rings. The van der Waals surface area contributed by atoms with E-state index in [1.807, 2.05) is 0 Å². The van der Waals surface area contributed by atoms with E-state index in [4.69, 9.17) is 9.47 Å². The third-order valence-electron chi connectivity index (χ3n) is 3.85. The first-order valence-electron chi connectivity index (χ1n) is 7.27. The third kappa shape index (κ3) is 2.95. The van der Waals surface area contributed by atoms with E-state index in [9.17, 15) is 9.59 Å². The van der Waals surface area contributed by atoms with Crippen LogP contribution in [0.1, 0.15) is 19.3 Å². The van der Waals surface area contributed by atoms with Crippen LogP contribution in [0.25, 0.3) is 0 Å². The van der Waals surface area contributed by atoms with Gasteiger partial charge in [-0.3, -0.25) is 9.59 Å². The lowest BCUT2D eigenvalue weighted by Crippen LogP contribution is -2.44. The molecule has 0 saturated carbocycles. The summed E-state index contributed by atoms with van der Waals surface area (Å²) >= 11 is 0. The van der Waals surface area contributed by atoms with Crippen molar-refractivity contribution >= 4 is 11.8 Å². The fourth-order valence-corrected chi connectivity index (χ4v) is 2.74. The van der Waals surface area contributed by atoms with Gasteiger partial charge in [0.05, 0.1) is 13.7 Å². The number of carbonyl (C=O) groups is 2. The summed E-state index contributed by atoms with van der Waals surface area (Å²) in [7, 11) is 1.50. The predicted molar refractivity (Wildman–Crippen MR) is 75.4 cm³/mol. The van der Waals surface area contributed by atoms with Crippen molar-refractivity contribution in [3.8, 4) is 11.8 Å². The van der Waals surface area contributed by atoms with E-state index < -0.39 is 6.04 Å². The first-order valence-corrected chi connectivity index (χ1v) is 7.27. The van der Waals surface area contributed by atoms with Crippen LogP contribution < -0.4 is 14.8 Å². The lowest BCUT2D eigenvalue weighted by molar-refractivity contribution is -0.133. The van der Waals surface area contributed by atoms with E-state index >= 15 is 0 Å². The molecule has 8 nitrogen and oxygen atoms in total. The maximum absolute atomic E-state index is 12.3. The van der Waals surface area contributed by atoms with E-state index in [0.717, 1.165) is 0 Å². The van der Waals surface area contributed by atoms with E-state index in [-0.39, 0.29) is 17.9 Å². The molecule has 2 saturated heterocycles. The Morgan fingerprint density at radius 2 is 2.09 bits per heavy atom. The number of nitrogens with zero attached hydrogens (tertiary/aromatic N) is 3. The van der Waals surface area contributed by atoms with Crippen LogP contribution in [0.3, 0.4) is 0 Å². The molecule has 2 aliphatic rings. The van der Waals surface area contributed by atoms with Crippen molar-refractivity contribution in [1.29, 1.82) is 0 Å². The highest BCUT2D eigenvalue weighted by atomic mass is 16.5. The van der Waals surface area contributed by atoms with Crippen LogP contribution in [0.5, 0.6) is 11.8 Å². The Balaban J connectivity index is 1.58. The van der Waals surface area contributed by atoms with Crippen molar-refractivity contribution < 1.29 is 19.1 Å². The average molecular weight is 306 g/mol. The van der Waals surface area contributed by atoms with Crippen LogP contribution in [0, 0.1) is 0 Å². The smallest absolute Gasteiger partial charge is 0.278 e. The van der Waals surface area contributed by atoms with Gasteiger partial charge >= 0.3 is 0 Å². The lowest BCUT2D eigenvalue weighted by Gasteiger charge is -2.20. The molecular formula is C14H18N4O4. The average Bonchev–Trinajstić information content (AvgIpc) is 3.16. The summed E-state index contributed by atoms with van der Waals surface area (Å²) in [4.78, 5) is 33.4. The Hall–Kier alpha value is -2.38. The number of amides is 2. The minimum Gasteiger partial charge on any atom is -0.477 e. The van der Waals surface area contributed by atoms with Gasteiger partial charge in [-0.05, 0) is 6.42 Å². The number of aromatic nitrogens is 2. The Kier molecular flexibility index (Phi) is 4.08. The fourth-order valence-electron chi connectivity index (χ4n) is 2.74. The summed E-state index contributed by atoms with van der Waals surface area (Å²) in [6.07, 6.45) is 4.61. The van der Waals surface area contributed by atoms with E-state index in [2.05, 4.69) is 15.3 Å². The van der Waals surface area contributed by atoms with E-state index in [1.54, 1.807) is 4.90 Å². The summed E-state index contributed by atoms with van der Waals surface area (Å²) in [5.74, 6) is 0.562. The Morgan fingerprint density at radius 3 is 2.77 bits per heavy atom. The van der Waals surface area contributed by atoms with Gasteiger partial charge in [-0.15, -0.1) is 0 Å². The normalized spacial score (nSPS) is 24.2. The van der Waals surface area contributed by atoms with Crippen molar-refractivity contribution in [2.24, 2.45) is 0 Å². The molecular weight excluding hydrogens is 288 g/mol. The minimum atomic E-state index is -0.391. The van der Waals surface area contributed by atoms with Crippen LogP contribution in [0.2, 0.25) is 0 Å². The molecule has 3 heterocycles. The number of carbonyl (C=O) groups excluding carboxylic acids is 2. The second-order valence-corrected chi connectivity index (χ2v) is 5.34. The van der Waals surface area contributed by atoms with Crippen molar-refractivity contribution in [1.82, 2.24) is 20.2 Å². The second-order valence-electron chi connectivity index (χ2n) is 5.34. The Morgan fingerprint density at radius 1 is 1.32 bits per heavy atom. The van der Waals surface area contributed by atoms with Gasteiger partial charge < -0.3 is 19.7 Å².